The van der Waals surface area contributed by atoms with Crippen molar-refractivity contribution in [3.63, 3.8) is 0 Å². The van der Waals surface area contributed by atoms with Crippen LogP contribution in [0.2, 0.25) is 0 Å². The van der Waals surface area contributed by atoms with Gasteiger partial charge in [0.05, 0.1) is 0 Å². The Kier molecular flexibility index (Phi) is 8.83. The molecule has 0 bridgehead atoms. The van der Waals surface area contributed by atoms with Gasteiger partial charge < -0.3 is 14.3 Å². The fourth-order valence-corrected chi connectivity index (χ4v) is 1.06. The standard InChI is InChI=1S/C13H14O4.C2H6/c1-3-5-6-10(4-2)17-13-9-16-11(8-14)7-12(13)15;1-2/h3-7,9,14H,2,8H2,1H3;1-2H3/b5-3-,10-6+;. The zero-order valence-electron chi connectivity index (χ0n) is 11.6. The number of aliphatic hydroxyl groups excluding tert-OH is 1. The van der Waals surface area contributed by atoms with Crippen LogP contribution in [0.1, 0.15) is 26.5 Å². The third-order valence-electron chi connectivity index (χ3n) is 1.89. The first kappa shape index (κ1) is 16.9. The number of allylic oxidation sites excluding steroid dienone is 4. The maximum absolute atomic E-state index is 11.5. The highest BCUT2D eigenvalue weighted by molar-refractivity contribution is 5.25. The van der Waals surface area contributed by atoms with Gasteiger partial charge >= 0.3 is 0 Å². The van der Waals surface area contributed by atoms with E-state index < -0.39 is 0 Å². The van der Waals surface area contributed by atoms with Gasteiger partial charge in [-0.05, 0) is 19.1 Å². The van der Waals surface area contributed by atoms with Crippen LogP contribution >= 0.6 is 0 Å². The quantitative estimate of drug-likeness (QED) is 0.655. The Hall–Kier alpha value is -2.07. The van der Waals surface area contributed by atoms with Crippen molar-refractivity contribution in [3.05, 3.63) is 65.0 Å². The average Bonchev–Trinajstić information content (AvgIpc) is 2.47. The monoisotopic (exact) mass is 264 g/mol. The molecule has 19 heavy (non-hydrogen) atoms. The molecular formula is C15H20O4. The lowest BCUT2D eigenvalue weighted by Gasteiger charge is -2.04. The molecule has 0 aromatic carbocycles. The fraction of sp³-hybridized carbons (Fsp3) is 0.267. The van der Waals surface area contributed by atoms with Crippen molar-refractivity contribution in [1.82, 2.24) is 0 Å². The third-order valence-corrected chi connectivity index (χ3v) is 1.89. The van der Waals surface area contributed by atoms with E-state index in [2.05, 4.69) is 6.58 Å². The molecule has 0 aliphatic heterocycles. The van der Waals surface area contributed by atoms with Crippen molar-refractivity contribution in [2.45, 2.75) is 27.4 Å². The van der Waals surface area contributed by atoms with Gasteiger partial charge in [0.2, 0.25) is 11.2 Å². The number of hydrogen-bond donors (Lipinski definition) is 1. The highest BCUT2D eigenvalue weighted by atomic mass is 16.5. The van der Waals surface area contributed by atoms with Crippen LogP contribution in [-0.4, -0.2) is 5.11 Å². The number of rotatable bonds is 5. The molecule has 1 N–H and O–H groups in total. The predicted molar refractivity (Wildman–Crippen MR) is 76.0 cm³/mol. The minimum Gasteiger partial charge on any atom is -0.463 e. The number of aliphatic hydroxyl groups is 1. The molecule has 0 fully saturated rings. The molecule has 0 unspecified atom stereocenters. The van der Waals surface area contributed by atoms with Crippen LogP contribution in [-0.2, 0) is 6.61 Å². The van der Waals surface area contributed by atoms with Crippen LogP contribution in [0.25, 0.3) is 0 Å². The lowest BCUT2D eigenvalue weighted by molar-refractivity contribution is 0.241. The first-order valence-corrected chi connectivity index (χ1v) is 6.07. The van der Waals surface area contributed by atoms with Gasteiger partial charge in [-0.3, -0.25) is 4.79 Å². The summed E-state index contributed by atoms with van der Waals surface area (Å²) in [5, 5.41) is 8.79. The first-order chi connectivity index (χ1) is 9.21. The molecule has 4 nitrogen and oxygen atoms in total. The van der Waals surface area contributed by atoms with Crippen molar-refractivity contribution in [2.24, 2.45) is 0 Å². The Balaban J connectivity index is 0.00000154. The molecule has 1 aromatic rings. The molecule has 0 saturated carbocycles. The smallest absolute Gasteiger partial charge is 0.227 e. The second-order valence-corrected chi connectivity index (χ2v) is 3.13. The van der Waals surface area contributed by atoms with Gasteiger partial charge in [-0.15, -0.1) is 0 Å². The summed E-state index contributed by atoms with van der Waals surface area (Å²) in [6, 6.07) is 1.19. The average molecular weight is 264 g/mol. The van der Waals surface area contributed by atoms with E-state index in [0.717, 1.165) is 0 Å². The van der Waals surface area contributed by atoms with E-state index in [0.29, 0.717) is 5.76 Å². The van der Waals surface area contributed by atoms with Gasteiger partial charge in [-0.25, -0.2) is 0 Å². The maximum Gasteiger partial charge on any atom is 0.227 e. The zero-order valence-corrected chi connectivity index (χ0v) is 11.6. The van der Waals surface area contributed by atoms with Gasteiger partial charge in [-0.2, -0.15) is 0 Å². The van der Waals surface area contributed by atoms with Crippen LogP contribution in [0.15, 0.2) is 58.2 Å². The second kappa shape index (κ2) is 9.91. The minimum absolute atomic E-state index is 0.0536. The molecule has 1 rings (SSSR count). The summed E-state index contributed by atoms with van der Waals surface area (Å²) < 4.78 is 10.3. The van der Waals surface area contributed by atoms with Crippen LogP contribution in [0.5, 0.6) is 5.75 Å². The van der Waals surface area contributed by atoms with Gasteiger partial charge in [0.25, 0.3) is 0 Å². The van der Waals surface area contributed by atoms with Crippen molar-refractivity contribution in [3.8, 4) is 5.75 Å². The van der Waals surface area contributed by atoms with E-state index >= 15 is 0 Å². The first-order valence-electron chi connectivity index (χ1n) is 6.07. The summed E-state index contributed by atoms with van der Waals surface area (Å²) in [5.41, 5.74) is -0.353. The molecular weight excluding hydrogens is 244 g/mol. The summed E-state index contributed by atoms with van der Waals surface area (Å²) in [6.07, 6.45) is 7.91. The summed E-state index contributed by atoms with van der Waals surface area (Å²) >= 11 is 0. The molecule has 0 aliphatic rings. The number of hydrogen-bond acceptors (Lipinski definition) is 4. The topological polar surface area (TPSA) is 59.7 Å². The second-order valence-electron chi connectivity index (χ2n) is 3.13. The zero-order chi connectivity index (χ0) is 14.7. The van der Waals surface area contributed by atoms with Crippen molar-refractivity contribution < 1.29 is 14.3 Å². The molecule has 0 radical (unpaired) electrons. The largest absolute Gasteiger partial charge is 0.463 e. The molecule has 0 saturated heterocycles. The van der Waals surface area contributed by atoms with Crippen molar-refractivity contribution in [1.29, 1.82) is 0 Å². The lowest BCUT2D eigenvalue weighted by atomic mass is 10.3. The highest BCUT2D eigenvalue weighted by Crippen LogP contribution is 2.10. The normalized spacial score (nSPS) is 10.8. The predicted octanol–water partition coefficient (Wildman–Crippen LogP) is 3.18. The van der Waals surface area contributed by atoms with Crippen LogP contribution in [0, 0.1) is 0 Å². The molecule has 0 amide bonds. The van der Waals surface area contributed by atoms with E-state index in [1.165, 1.54) is 18.4 Å². The van der Waals surface area contributed by atoms with Gasteiger partial charge in [0.15, 0.2) is 0 Å². The Labute approximate surface area is 113 Å². The van der Waals surface area contributed by atoms with Gasteiger partial charge in [0.1, 0.15) is 24.4 Å². The maximum atomic E-state index is 11.5. The van der Waals surface area contributed by atoms with Crippen LogP contribution < -0.4 is 10.2 Å². The molecule has 0 aliphatic carbocycles. The molecule has 104 valence electrons. The van der Waals surface area contributed by atoms with E-state index in [1.807, 2.05) is 26.8 Å². The highest BCUT2D eigenvalue weighted by Gasteiger charge is 2.05. The van der Waals surface area contributed by atoms with Crippen LogP contribution in [0.4, 0.5) is 0 Å². The van der Waals surface area contributed by atoms with E-state index in [1.54, 1.807) is 12.2 Å². The van der Waals surface area contributed by atoms with E-state index in [9.17, 15) is 4.79 Å². The summed E-state index contributed by atoms with van der Waals surface area (Å²) in [4.78, 5) is 11.5. The minimum atomic E-state index is -0.353. The van der Waals surface area contributed by atoms with Crippen molar-refractivity contribution >= 4 is 0 Å². The SMILES string of the molecule is C=C/C(=C\C=C/C)Oc1coc(CO)cc1=O.CC. The molecule has 4 heteroatoms. The van der Waals surface area contributed by atoms with Crippen LogP contribution in [0.3, 0.4) is 0 Å². The Bertz CT molecular complexity index is 495. The lowest BCUT2D eigenvalue weighted by Crippen LogP contribution is -2.07. The van der Waals surface area contributed by atoms with Gasteiger partial charge in [-0.1, -0.05) is 32.6 Å². The Morgan fingerprint density at radius 1 is 1.53 bits per heavy atom. The third kappa shape index (κ3) is 5.88. The van der Waals surface area contributed by atoms with E-state index in [4.69, 9.17) is 14.3 Å². The van der Waals surface area contributed by atoms with Crippen molar-refractivity contribution in [2.75, 3.05) is 0 Å². The Morgan fingerprint density at radius 2 is 2.21 bits per heavy atom. The summed E-state index contributed by atoms with van der Waals surface area (Å²) in [7, 11) is 0. The summed E-state index contributed by atoms with van der Waals surface area (Å²) in [6.45, 7) is 9.12. The molecule has 0 atom stereocenters. The number of ether oxygens (including phenoxy) is 1. The van der Waals surface area contributed by atoms with Gasteiger partial charge in [0, 0.05) is 6.07 Å². The molecule has 0 spiro atoms. The molecule has 1 aromatic heterocycles. The Morgan fingerprint density at radius 3 is 2.68 bits per heavy atom. The van der Waals surface area contributed by atoms with E-state index in [-0.39, 0.29) is 23.5 Å². The summed E-state index contributed by atoms with van der Waals surface area (Å²) in [5.74, 6) is 0.685. The fourth-order valence-electron chi connectivity index (χ4n) is 1.06. The molecule has 1 heterocycles.